The maximum absolute atomic E-state index is 12.9. The van der Waals surface area contributed by atoms with Crippen LogP contribution in [0.4, 0.5) is 0 Å². The Bertz CT molecular complexity index is 649. The molecule has 114 valence electrons. The predicted molar refractivity (Wildman–Crippen MR) is 89.5 cm³/mol. The molecule has 0 spiro atoms. The Morgan fingerprint density at radius 2 is 1.77 bits per heavy atom. The van der Waals surface area contributed by atoms with E-state index in [1.54, 1.807) is 0 Å². The Morgan fingerprint density at radius 3 is 2.41 bits per heavy atom. The molecule has 0 bridgehead atoms. The van der Waals surface area contributed by atoms with Gasteiger partial charge in [-0.1, -0.05) is 48.5 Å². The van der Waals surface area contributed by atoms with E-state index in [2.05, 4.69) is 0 Å². The summed E-state index contributed by atoms with van der Waals surface area (Å²) in [7, 11) is 1.87. The molecule has 0 heterocycles. The largest absolute Gasteiger partial charge is 0.337 e. The quantitative estimate of drug-likeness (QED) is 0.920. The second kappa shape index (κ2) is 6.32. The van der Waals surface area contributed by atoms with Crippen molar-refractivity contribution in [3.63, 3.8) is 0 Å². The molecule has 0 aliphatic heterocycles. The number of rotatable bonds is 5. The molecule has 3 nitrogen and oxygen atoms in total. The summed E-state index contributed by atoms with van der Waals surface area (Å²) >= 11 is 0. The van der Waals surface area contributed by atoms with Gasteiger partial charge in [-0.2, -0.15) is 0 Å². The highest BCUT2D eigenvalue weighted by Crippen LogP contribution is 2.35. The smallest absolute Gasteiger partial charge is 0.254 e. The summed E-state index contributed by atoms with van der Waals surface area (Å²) in [5, 5.41) is 0. The molecule has 2 aromatic rings. The number of likely N-dealkylation sites (N-methyl/N-ethyl adjacent to an activating group) is 1. The van der Waals surface area contributed by atoms with Crippen LogP contribution in [-0.2, 0) is 0 Å². The molecule has 1 amide bonds. The van der Waals surface area contributed by atoms with Crippen molar-refractivity contribution in [3.8, 4) is 11.1 Å². The fourth-order valence-corrected chi connectivity index (χ4v) is 3.03. The van der Waals surface area contributed by atoms with E-state index in [9.17, 15) is 4.79 Å². The minimum Gasteiger partial charge on any atom is -0.337 e. The van der Waals surface area contributed by atoms with E-state index < -0.39 is 0 Å². The van der Waals surface area contributed by atoms with Gasteiger partial charge in [-0.25, -0.2) is 0 Å². The van der Waals surface area contributed by atoms with E-state index in [1.807, 2.05) is 66.5 Å². The lowest BCUT2D eigenvalue weighted by Gasteiger charge is -2.28. The van der Waals surface area contributed by atoms with Crippen molar-refractivity contribution in [2.75, 3.05) is 13.6 Å². The van der Waals surface area contributed by atoms with Crippen LogP contribution >= 0.6 is 0 Å². The van der Waals surface area contributed by atoms with Crippen LogP contribution in [0.3, 0.4) is 0 Å². The van der Waals surface area contributed by atoms with Crippen LogP contribution in [0.1, 0.15) is 23.2 Å². The van der Waals surface area contributed by atoms with Crippen molar-refractivity contribution >= 4 is 5.91 Å². The molecule has 0 unspecified atom stereocenters. The first-order valence-electron chi connectivity index (χ1n) is 7.84. The zero-order valence-electron chi connectivity index (χ0n) is 12.9. The van der Waals surface area contributed by atoms with Crippen molar-refractivity contribution in [3.05, 3.63) is 60.2 Å². The van der Waals surface area contributed by atoms with E-state index in [0.717, 1.165) is 16.7 Å². The monoisotopic (exact) mass is 294 g/mol. The third kappa shape index (κ3) is 2.90. The zero-order chi connectivity index (χ0) is 15.5. The van der Waals surface area contributed by atoms with Crippen LogP contribution in [0.2, 0.25) is 0 Å². The van der Waals surface area contributed by atoms with E-state index >= 15 is 0 Å². The molecule has 1 aliphatic rings. The van der Waals surface area contributed by atoms with Gasteiger partial charge in [0.05, 0.1) is 0 Å². The molecule has 22 heavy (non-hydrogen) atoms. The highest BCUT2D eigenvalue weighted by atomic mass is 16.2. The van der Waals surface area contributed by atoms with Gasteiger partial charge in [0.15, 0.2) is 0 Å². The number of carbonyl (C=O) groups is 1. The van der Waals surface area contributed by atoms with Gasteiger partial charge < -0.3 is 10.6 Å². The maximum atomic E-state index is 12.9. The average Bonchev–Trinajstić information content (AvgIpc) is 3.40. The average molecular weight is 294 g/mol. The Balaban J connectivity index is 1.93. The van der Waals surface area contributed by atoms with E-state index in [1.165, 1.54) is 12.8 Å². The van der Waals surface area contributed by atoms with Crippen molar-refractivity contribution in [2.24, 2.45) is 11.7 Å². The predicted octanol–water partition coefficient (Wildman–Crippen LogP) is 3.16. The normalized spacial score (nSPS) is 15.4. The molecule has 2 aromatic carbocycles. The summed E-state index contributed by atoms with van der Waals surface area (Å²) < 4.78 is 0. The number of hydrogen-bond acceptors (Lipinski definition) is 2. The van der Waals surface area contributed by atoms with Gasteiger partial charge in [0.2, 0.25) is 0 Å². The molecular weight excluding hydrogens is 272 g/mol. The Kier molecular flexibility index (Phi) is 4.25. The van der Waals surface area contributed by atoms with Gasteiger partial charge in [0.1, 0.15) is 0 Å². The molecule has 1 aliphatic carbocycles. The molecule has 1 atom stereocenters. The molecule has 0 radical (unpaired) electrons. The van der Waals surface area contributed by atoms with Gasteiger partial charge in [-0.05, 0) is 36.0 Å². The Labute approximate surface area is 131 Å². The number of benzene rings is 2. The highest BCUT2D eigenvalue weighted by molar-refractivity contribution is 6.01. The molecule has 0 aromatic heterocycles. The minimum absolute atomic E-state index is 0.0572. The molecule has 2 N–H and O–H groups in total. The van der Waals surface area contributed by atoms with Crippen LogP contribution < -0.4 is 5.73 Å². The molecule has 1 saturated carbocycles. The number of nitrogens with two attached hydrogens (primary N) is 1. The van der Waals surface area contributed by atoms with Crippen molar-refractivity contribution in [1.29, 1.82) is 0 Å². The van der Waals surface area contributed by atoms with E-state index in [-0.39, 0.29) is 11.9 Å². The summed E-state index contributed by atoms with van der Waals surface area (Å²) in [5.74, 6) is 0.629. The van der Waals surface area contributed by atoms with Crippen LogP contribution in [-0.4, -0.2) is 30.4 Å². The van der Waals surface area contributed by atoms with Gasteiger partial charge in [-0.3, -0.25) is 4.79 Å². The second-order valence-corrected chi connectivity index (χ2v) is 5.97. The summed E-state index contributed by atoms with van der Waals surface area (Å²) in [6, 6.07) is 18.0. The van der Waals surface area contributed by atoms with Crippen LogP contribution in [0.15, 0.2) is 54.6 Å². The fraction of sp³-hybridized carbons (Fsp3) is 0.316. The second-order valence-electron chi connectivity index (χ2n) is 5.97. The lowest BCUT2D eigenvalue weighted by atomic mass is 9.98. The number of amides is 1. The Morgan fingerprint density at radius 1 is 1.14 bits per heavy atom. The Hall–Kier alpha value is -2.13. The molecule has 3 heteroatoms. The third-order valence-electron chi connectivity index (χ3n) is 4.47. The molecule has 1 fully saturated rings. The van der Waals surface area contributed by atoms with E-state index in [4.69, 9.17) is 5.73 Å². The van der Waals surface area contributed by atoms with Gasteiger partial charge in [0, 0.05) is 25.2 Å². The summed E-state index contributed by atoms with van der Waals surface area (Å²) in [6.45, 7) is 0.528. The first-order valence-corrected chi connectivity index (χ1v) is 7.84. The SMILES string of the molecule is CN(C(=O)c1ccccc1-c1ccccc1)[C@@H](CN)C1CC1. The molecule has 0 saturated heterocycles. The summed E-state index contributed by atoms with van der Waals surface area (Å²) in [4.78, 5) is 14.8. The van der Waals surface area contributed by atoms with Crippen molar-refractivity contribution < 1.29 is 4.79 Å². The van der Waals surface area contributed by atoms with Gasteiger partial charge in [-0.15, -0.1) is 0 Å². The fourth-order valence-electron chi connectivity index (χ4n) is 3.03. The first kappa shape index (κ1) is 14.8. The van der Waals surface area contributed by atoms with Crippen LogP contribution in [0.25, 0.3) is 11.1 Å². The lowest BCUT2D eigenvalue weighted by molar-refractivity contribution is 0.0719. The number of carbonyl (C=O) groups excluding carboxylic acids is 1. The van der Waals surface area contributed by atoms with E-state index in [0.29, 0.717) is 12.5 Å². The summed E-state index contributed by atoms with van der Waals surface area (Å²) in [6.07, 6.45) is 2.36. The van der Waals surface area contributed by atoms with Gasteiger partial charge >= 0.3 is 0 Å². The number of hydrogen-bond donors (Lipinski definition) is 1. The number of nitrogens with zero attached hydrogens (tertiary/aromatic N) is 1. The summed E-state index contributed by atoms with van der Waals surface area (Å²) in [5.41, 5.74) is 8.68. The topological polar surface area (TPSA) is 46.3 Å². The zero-order valence-corrected chi connectivity index (χ0v) is 12.9. The lowest BCUT2D eigenvalue weighted by Crippen LogP contribution is -2.43. The van der Waals surface area contributed by atoms with Crippen molar-refractivity contribution in [1.82, 2.24) is 4.90 Å². The van der Waals surface area contributed by atoms with Gasteiger partial charge in [0.25, 0.3) is 5.91 Å². The highest BCUT2D eigenvalue weighted by Gasteiger charge is 2.35. The van der Waals surface area contributed by atoms with Crippen LogP contribution in [0, 0.1) is 5.92 Å². The molecule has 3 rings (SSSR count). The van der Waals surface area contributed by atoms with Crippen molar-refractivity contribution in [2.45, 2.75) is 18.9 Å². The molecular formula is C19H22N2O. The maximum Gasteiger partial charge on any atom is 0.254 e. The minimum atomic E-state index is 0.0572. The first-order chi connectivity index (χ1) is 10.7. The standard InChI is InChI=1S/C19H22N2O/c1-21(18(13-20)15-11-12-15)19(22)17-10-6-5-9-16(17)14-7-3-2-4-8-14/h2-10,15,18H,11-13,20H2,1H3/t18-/m0/s1. The van der Waals surface area contributed by atoms with Crippen LogP contribution in [0.5, 0.6) is 0 Å². The third-order valence-corrected chi connectivity index (χ3v) is 4.47.